The summed E-state index contributed by atoms with van der Waals surface area (Å²) in [6, 6.07) is 2.18. The Morgan fingerprint density at radius 2 is 1.95 bits per heavy atom. The van der Waals surface area contributed by atoms with Crippen molar-refractivity contribution >= 4 is 5.82 Å². The summed E-state index contributed by atoms with van der Waals surface area (Å²) in [7, 11) is 3.81. The second-order valence-electron chi connectivity index (χ2n) is 5.08. The average molecular weight is 262 g/mol. The van der Waals surface area contributed by atoms with E-state index < -0.39 is 6.10 Å². The molecule has 19 heavy (non-hydrogen) atoms. The van der Waals surface area contributed by atoms with Gasteiger partial charge in [-0.25, -0.2) is 4.98 Å². The molecule has 0 fully saturated rings. The van der Waals surface area contributed by atoms with E-state index >= 15 is 0 Å². The van der Waals surface area contributed by atoms with Crippen LogP contribution in [0.15, 0.2) is 0 Å². The van der Waals surface area contributed by atoms with Gasteiger partial charge in [0.05, 0.1) is 11.7 Å². The van der Waals surface area contributed by atoms with Gasteiger partial charge in [-0.1, -0.05) is 0 Å². The number of aryl methyl sites for hydroxylation is 1. The zero-order valence-electron chi connectivity index (χ0n) is 12.3. The van der Waals surface area contributed by atoms with Crippen LogP contribution in [0.25, 0.3) is 0 Å². The van der Waals surface area contributed by atoms with Crippen molar-refractivity contribution in [1.82, 2.24) is 9.88 Å². The van der Waals surface area contributed by atoms with Gasteiger partial charge in [0.15, 0.2) is 0 Å². The Kier molecular flexibility index (Phi) is 5.28. The molecule has 1 rings (SSSR count). The van der Waals surface area contributed by atoms with Crippen LogP contribution in [0.3, 0.4) is 0 Å². The smallest absolute Gasteiger partial charge is 0.144 e. The maximum atomic E-state index is 9.82. The number of aromatic nitrogens is 1. The van der Waals surface area contributed by atoms with E-state index in [2.05, 4.69) is 16.4 Å². The molecule has 0 saturated heterocycles. The van der Waals surface area contributed by atoms with Crippen molar-refractivity contribution in [2.24, 2.45) is 0 Å². The summed E-state index contributed by atoms with van der Waals surface area (Å²) in [5, 5.41) is 22.1. The molecule has 0 aliphatic carbocycles. The molecule has 0 aliphatic rings. The van der Waals surface area contributed by atoms with E-state index in [1.807, 2.05) is 39.8 Å². The summed E-state index contributed by atoms with van der Waals surface area (Å²) < 4.78 is 0. The predicted octanol–water partition coefficient (Wildman–Crippen LogP) is 1.21. The lowest BCUT2D eigenvalue weighted by molar-refractivity contribution is 0.148. The van der Waals surface area contributed by atoms with E-state index in [1.165, 1.54) is 0 Å². The van der Waals surface area contributed by atoms with E-state index in [1.54, 1.807) is 0 Å². The summed E-state index contributed by atoms with van der Waals surface area (Å²) >= 11 is 0. The van der Waals surface area contributed by atoms with Gasteiger partial charge in [-0.3, -0.25) is 0 Å². The largest absolute Gasteiger partial charge is 0.390 e. The Morgan fingerprint density at radius 3 is 2.47 bits per heavy atom. The van der Waals surface area contributed by atoms with Gasteiger partial charge < -0.3 is 15.3 Å². The van der Waals surface area contributed by atoms with E-state index in [9.17, 15) is 10.4 Å². The Hall–Kier alpha value is -1.64. The number of anilines is 1. The molecule has 0 spiro atoms. The maximum absolute atomic E-state index is 9.82. The Bertz CT molecular complexity index is 491. The molecule has 2 N–H and O–H groups in total. The van der Waals surface area contributed by atoms with E-state index in [4.69, 9.17) is 0 Å². The van der Waals surface area contributed by atoms with Crippen LogP contribution in [0, 0.1) is 32.1 Å². The number of aliphatic hydroxyl groups is 1. The van der Waals surface area contributed by atoms with Crippen LogP contribution < -0.4 is 5.32 Å². The molecule has 0 aromatic carbocycles. The summed E-state index contributed by atoms with van der Waals surface area (Å²) in [6.07, 6.45) is -0.495. The van der Waals surface area contributed by atoms with Gasteiger partial charge in [-0.2, -0.15) is 5.26 Å². The molecule has 0 unspecified atom stereocenters. The fourth-order valence-corrected chi connectivity index (χ4v) is 1.91. The monoisotopic (exact) mass is 262 g/mol. The molecule has 0 aliphatic heterocycles. The first-order valence-electron chi connectivity index (χ1n) is 6.31. The average Bonchev–Trinajstić information content (AvgIpc) is 2.32. The van der Waals surface area contributed by atoms with Crippen molar-refractivity contribution in [3.05, 3.63) is 22.4 Å². The Labute approximate surface area is 114 Å². The first-order chi connectivity index (χ1) is 8.86. The summed E-state index contributed by atoms with van der Waals surface area (Å²) in [5.74, 6) is 0.556. The number of nitrogens with zero attached hydrogens (tertiary/aromatic N) is 3. The van der Waals surface area contributed by atoms with Crippen LogP contribution in [0.2, 0.25) is 0 Å². The molecule has 1 heterocycles. The van der Waals surface area contributed by atoms with E-state index in [-0.39, 0.29) is 0 Å². The zero-order valence-corrected chi connectivity index (χ0v) is 12.3. The standard InChI is InChI=1S/C14H22N4O/c1-9-10(2)13(6-15)14(17-11(9)3)16-7-12(19)8-18(4)5/h12,19H,7-8H2,1-5H3,(H,16,17)/t12-/m1/s1. The van der Waals surface area contributed by atoms with Crippen LogP contribution in [0.1, 0.15) is 22.4 Å². The number of nitrogens with one attached hydrogen (secondary N) is 1. The van der Waals surface area contributed by atoms with E-state index in [0.29, 0.717) is 24.5 Å². The SMILES string of the molecule is Cc1nc(NC[C@@H](O)CN(C)C)c(C#N)c(C)c1C. The Balaban J connectivity index is 2.87. The van der Waals surface area contributed by atoms with Gasteiger partial charge in [0.1, 0.15) is 11.9 Å². The summed E-state index contributed by atoms with van der Waals surface area (Å²) in [4.78, 5) is 6.31. The highest BCUT2D eigenvalue weighted by atomic mass is 16.3. The molecule has 0 amide bonds. The normalized spacial score (nSPS) is 12.3. The predicted molar refractivity (Wildman–Crippen MR) is 76.2 cm³/mol. The van der Waals surface area contributed by atoms with Gasteiger partial charge in [0.25, 0.3) is 0 Å². The van der Waals surface area contributed by atoms with E-state index in [0.717, 1.165) is 16.8 Å². The third-order valence-corrected chi connectivity index (χ3v) is 3.19. The van der Waals surface area contributed by atoms with Gasteiger partial charge in [0.2, 0.25) is 0 Å². The molecular weight excluding hydrogens is 240 g/mol. The van der Waals surface area contributed by atoms with Crippen molar-refractivity contribution in [1.29, 1.82) is 5.26 Å². The molecule has 1 aromatic rings. The third kappa shape index (κ3) is 3.91. The lowest BCUT2D eigenvalue weighted by Gasteiger charge is -2.18. The lowest BCUT2D eigenvalue weighted by atomic mass is 10.0. The number of hydrogen-bond donors (Lipinski definition) is 2. The van der Waals surface area contributed by atoms with Crippen LogP contribution in [0.5, 0.6) is 0 Å². The van der Waals surface area contributed by atoms with Crippen molar-refractivity contribution < 1.29 is 5.11 Å². The zero-order chi connectivity index (χ0) is 14.6. The molecular formula is C14H22N4O. The maximum Gasteiger partial charge on any atom is 0.144 e. The number of pyridine rings is 1. The van der Waals surface area contributed by atoms with Crippen LogP contribution in [0.4, 0.5) is 5.82 Å². The molecule has 1 atom stereocenters. The molecule has 104 valence electrons. The highest BCUT2D eigenvalue weighted by molar-refractivity contribution is 5.58. The molecule has 0 radical (unpaired) electrons. The fraction of sp³-hybridized carbons (Fsp3) is 0.571. The second-order valence-corrected chi connectivity index (χ2v) is 5.08. The summed E-state index contributed by atoms with van der Waals surface area (Å²) in [6.45, 7) is 6.75. The van der Waals surface area contributed by atoms with Crippen molar-refractivity contribution in [2.75, 3.05) is 32.5 Å². The Morgan fingerprint density at radius 1 is 1.32 bits per heavy atom. The lowest BCUT2D eigenvalue weighted by Crippen LogP contribution is -2.31. The summed E-state index contributed by atoms with van der Waals surface area (Å²) in [5.41, 5.74) is 3.44. The minimum atomic E-state index is -0.495. The molecule has 5 nitrogen and oxygen atoms in total. The van der Waals surface area contributed by atoms with Crippen LogP contribution in [-0.4, -0.2) is 48.3 Å². The minimum absolute atomic E-state index is 0.377. The highest BCUT2D eigenvalue weighted by Crippen LogP contribution is 2.21. The highest BCUT2D eigenvalue weighted by Gasteiger charge is 2.13. The quantitative estimate of drug-likeness (QED) is 0.834. The first-order valence-corrected chi connectivity index (χ1v) is 6.31. The number of nitriles is 1. The number of aliphatic hydroxyl groups excluding tert-OH is 1. The van der Waals surface area contributed by atoms with Crippen molar-refractivity contribution in [3.63, 3.8) is 0 Å². The van der Waals surface area contributed by atoms with Crippen LogP contribution in [-0.2, 0) is 0 Å². The van der Waals surface area contributed by atoms with Crippen LogP contribution >= 0.6 is 0 Å². The minimum Gasteiger partial charge on any atom is -0.390 e. The molecule has 5 heteroatoms. The fourth-order valence-electron chi connectivity index (χ4n) is 1.91. The van der Waals surface area contributed by atoms with Gasteiger partial charge >= 0.3 is 0 Å². The molecule has 1 aromatic heterocycles. The first kappa shape index (κ1) is 15.4. The van der Waals surface area contributed by atoms with Gasteiger partial charge in [-0.15, -0.1) is 0 Å². The van der Waals surface area contributed by atoms with Gasteiger partial charge in [0, 0.05) is 18.8 Å². The molecule has 0 bridgehead atoms. The number of hydrogen-bond acceptors (Lipinski definition) is 5. The van der Waals surface area contributed by atoms with Gasteiger partial charge in [-0.05, 0) is 46.0 Å². The molecule has 0 saturated carbocycles. The number of likely N-dealkylation sites (N-methyl/N-ethyl adjacent to an activating group) is 1. The second kappa shape index (κ2) is 6.50. The van der Waals surface area contributed by atoms with Crippen molar-refractivity contribution in [2.45, 2.75) is 26.9 Å². The number of rotatable bonds is 5. The topological polar surface area (TPSA) is 72.2 Å². The third-order valence-electron chi connectivity index (χ3n) is 3.19. The van der Waals surface area contributed by atoms with Crippen molar-refractivity contribution in [3.8, 4) is 6.07 Å².